The van der Waals surface area contributed by atoms with Crippen molar-refractivity contribution >= 4 is 39.8 Å². The van der Waals surface area contributed by atoms with Gasteiger partial charge in [0.05, 0.1) is 7.11 Å². The summed E-state index contributed by atoms with van der Waals surface area (Å²) in [6.07, 6.45) is -0.506. The summed E-state index contributed by atoms with van der Waals surface area (Å²) in [7, 11) is 1.35. The fourth-order valence-electron chi connectivity index (χ4n) is 2.27. The van der Waals surface area contributed by atoms with E-state index in [1.54, 1.807) is 39.0 Å². The third-order valence-corrected chi connectivity index (χ3v) is 4.93. The molecule has 8 heteroatoms. The van der Waals surface area contributed by atoms with Crippen molar-refractivity contribution in [2.75, 3.05) is 7.11 Å². The highest BCUT2D eigenvalue weighted by Gasteiger charge is 2.17. The molecule has 2 rings (SSSR count). The van der Waals surface area contributed by atoms with E-state index in [4.69, 9.17) is 9.47 Å². The number of carbonyl (C=O) groups excluding carboxylic acids is 2. The van der Waals surface area contributed by atoms with E-state index in [-0.39, 0.29) is 11.5 Å². The van der Waals surface area contributed by atoms with Crippen LogP contribution < -0.4 is 9.46 Å². The predicted molar refractivity (Wildman–Crippen MR) is 111 cm³/mol. The van der Waals surface area contributed by atoms with Crippen molar-refractivity contribution in [2.45, 2.75) is 32.1 Å². The number of halogens is 2. The summed E-state index contributed by atoms with van der Waals surface area (Å²) in [6.45, 7) is 5.38. The van der Waals surface area contributed by atoms with E-state index in [9.17, 15) is 14.0 Å². The lowest BCUT2D eigenvalue weighted by atomic mass is 10.0. The van der Waals surface area contributed by atoms with Crippen molar-refractivity contribution in [3.8, 4) is 5.75 Å². The Kier molecular flexibility index (Phi) is 7.48. The second kappa shape index (κ2) is 9.43. The van der Waals surface area contributed by atoms with Gasteiger partial charge in [-0.3, -0.25) is 9.52 Å². The standard InChI is InChI=1S/C20H21BrFNO4S/c1-20(2,3)27-19(25)23-28-11-12-5-7-14(15(21)9-12)18(24)13-6-8-16(22)17(10-13)26-4/h5-10H,11H2,1-4H3,(H,23,25). The molecule has 2 aromatic rings. The van der Waals surface area contributed by atoms with E-state index in [0.717, 1.165) is 5.56 Å². The molecule has 0 aromatic heterocycles. The molecule has 1 amide bonds. The highest BCUT2D eigenvalue weighted by atomic mass is 79.9. The molecule has 1 N–H and O–H groups in total. The summed E-state index contributed by atoms with van der Waals surface area (Å²) < 4.78 is 26.9. The first-order chi connectivity index (χ1) is 13.1. The van der Waals surface area contributed by atoms with Crippen LogP contribution in [-0.2, 0) is 10.5 Å². The monoisotopic (exact) mass is 469 g/mol. The molecule has 0 unspecified atom stereocenters. The fraction of sp³-hybridized carbons (Fsp3) is 0.300. The number of ether oxygens (including phenoxy) is 2. The van der Waals surface area contributed by atoms with Crippen molar-refractivity contribution in [3.05, 3.63) is 63.4 Å². The zero-order valence-electron chi connectivity index (χ0n) is 16.0. The van der Waals surface area contributed by atoms with Gasteiger partial charge in [0.2, 0.25) is 0 Å². The largest absolute Gasteiger partial charge is 0.494 e. The first-order valence-corrected chi connectivity index (χ1v) is 10.2. The Morgan fingerprint density at radius 1 is 1.18 bits per heavy atom. The van der Waals surface area contributed by atoms with Gasteiger partial charge in [-0.05, 0) is 68.6 Å². The summed E-state index contributed by atoms with van der Waals surface area (Å²) in [5, 5.41) is 0. The third-order valence-electron chi connectivity index (χ3n) is 3.48. The molecule has 0 bridgehead atoms. The number of amides is 1. The van der Waals surface area contributed by atoms with Gasteiger partial charge in [0.1, 0.15) is 5.60 Å². The van der Waals surface area contributed by atoms with Crippen LogP contribution in [0.2, 0.25) is 0 Å². The lowest BCUT2D eigenvalue weighted by molar-refractivity contribution is 0.0574. The summed E-state index contributed by atoms with van der Waals surface area (Å²) in [4.78, 5) is 24.4. The summed E-state index contributed by atoms with van der Waals surface area (Å²) >= 11 is 4.60. The van der Waals surface area contributed by atoms with E-state index in [2.05, 4.69) is 20.7 Å². The Bertz CT molecular complexity index is 883. The molecule has 28 heavy (non-hydrogen) atoms. The van der Waals surface area contributed by atoms with Crippen LogP contribution in [-0.4, -0.2) is 24.6 Å². The minimum Gasteiger partial charge on any atom is -0.494 e. The molecule has 0 aliphatic heterocycles. The smallest absolute Gasteiger partial charge is 0.417 e. The van der Waals surface area contributed by atoms with Crippen LogP contribution >= 0.6 is 27.9 Å². The van der Waals surface area contributed by atoms with E-state index < -0.39 is 17.5 Å². The fourth-order valence-corrected chi connectivity index (χ4v) is 3.45. The minimum absolute atomic E-state index is 0.0169. The summed E-state index contributed by atoms with van der Waals surface area (Å²) in [6, 6.07) is 9.28. The van der Waals surface area contributed by atoms with E-state index >= 15 is 0 Å². The van der Waals surface area contributed by atoms with Crippen LogP contribution in [0, 0.1) is 5.82 Å². The number of methoxy groups -OCH3 is 1. The second-order valence-electron chi connectivity index (χ2n) is 6.89. The van der Waals surface area contributed by atoms with Crippen LogP contribution in [0.15, 0.2) is 40.9 Å². The average Bonchev–Trinajstić information content (AvgIpc) is 2.60. The summed E-state index contributed by atoms with van der Waals surface area (Å²) in [5.74, 6) is -0.265. The van der Waals surface area contributed by atoms with Gasteiger partial charge in [-0.15, -0.1) is 0 Å². The van der Waals surface area contributed by atoms with Crippen LogP contribution in [0.4, 0.5) is 9.18 Å². The molecule has 5 nitrogen and oxygen atoms in total. The first kappa shape index (κ1) is 22.2. The summed E-state index contributed by atoms with van der Waals surface area (Å²) in [5.41, 5.74) is 1.12. The van der Waals surface area contributed by atoms with Gasteiger partial charge >= 0.3 is 6.09 Å². The van der Waals surface area contributed by atoms with Gasteiger partial charge in [-0.1, -0.05) is 22.0 Å². The van der Waals surface area contributed by atoms with Crippen LogP contribution in [0.1, 0.15) is 42.3 Å². The number of benzene rings is 2. The molecule has 0 spiro atoms. The SMILES string of the molecule is COc1cc(C(=O)c2ccc(CSNC(=O)OC(C)(C)C)cc2Br)ccc1F. The predicted octanol–water partition coefficient (Wildman–Crippen LogP) is 5.50. The lowest BCUT2D eigenvalue weighted by Crippen LogP contribution is -2.29. The number of rotatable bonds is 6. The number of hydrogen-bond acceptors (Lipinski definition) is 5. The molecular formula is C20H21BrFNO4S. The molecule has 0 atom stereocenters. The van der Waals surface area contributed by atoms with Crippen molar-refractivity contribution in [1.29, 1.82) is 0 Å². The van der Waals surface area contributed by atoms with Gasteiger partial charge in [-0.2, -0.15) is 0 Å². The van der Waals surface area contributed by atoms with Crippen molar-refractivity contribution in [3.63, 3.8) is 0 Å². The Morgan fingerprint density at radius 3 is 2.50 bits per heavy atom. The van der Waals surface area contributed by atoms with E-state index in [1.807, 2.05) is 0 Å². The molecule has 0 saturated heterocycles. The zero-order valence-corrected chi connectivity index (χ0v) is 18.4. The van der Waals surface area contributed by atoms with Gasteiger partial charge in [0.15, 0.2) is 17.3 Å². The Balaban J connectivity index is 2.04. The maximum absolute atomic E-state index is 13.5. The van der Waals surface area contributed by atoms with Gasteiger partial charge < -0.3 is 9.47 Å². The number of carbonyl (C=O) groups is 2. The maximum Gasteiger partial charge on any atom is 0.417 e. The van der Waals surface area contributed by atoms with Gasteiger partial charge in [0.25, 0.3) is 0 Å². The molecule has 0 radical (unpaired) electrons. The van der Waals surface area contributed by atoms with Crippen LogP contribution in [0.3, 0.4) is 0 Å². The Labute approximate surface area is 176 Å². The zero-order chi connectivity index (χ0) is 20.9. The normalized spacial score (nSPS) is 11.1. The molecule has 0 saturated carbocycles. The van der Waals surface area contributed by atoms with Crippen molar-refractivity contribution < 1.29 is 23.5 Å². The first-order valence-electron chi connectivity index (χ1n) is 8.38. The molecule has 0 heterocycles. The van der Waals surface area contributed by atoms with Crippen molar-refractivity contribution in [1.82, 2.24) is 4.72 Å². The average molecular weight is 470 g/mol. The molecule has 150 valence electrons. The molecule has 2 aromatic carbocycles. The highest BCUT2D eigenvalue weighted by Crippen LogP contribution is 2.26. The highest BCUT2D eigenvalue weighted by molar-refractivity contribution is 9.10. The van der Waals surface area contributed by atoms with Crippen LogP contribution in [0.25, 0.3) is 0 Å². The molecule has 0 fully saturated rings. The quantitative estimate of drug-likeness (QED) is 0.446. The van der Waals surface area contributed by atoms with E-state index in [1.165, 1.54) is 37.3 Å². The molecule has 0 aliphatic carbocycles. The second-order valence-corrected chi connectivity index (χ2v) is 8.52. The maximum atomic E-state index is 13.5. The molecular weight excluding hydrogens is 449 g/mol. The minimum atomic E-state index is -0.557. The van der Waals surface area contributed by atoms with Gasteiger partial charge in [0, 0.05) is 21.4 Å². The molecule has 0 aliphatic rings. The lowest BCUT2D eigenvalue weighted by Gasteiger charge is -2.19. The van der Waals surface area contributed by atoms with E-state index in [0.29, 0.717) is 21.4 Å². The third kappa shape index (κ3) is 6.24. The Morgan fingerprint density at radius 2 is 1.89 bits per heavy atom. The number of nitrogens with one attached hydrogen (secondary N) is 1. The van der Waals surface area contributed by atoms with Crippen molar-refractivity contribution in [2.24, 2.45) is 0 Å². The number of hydrogen-bond donors (Lipinski definition) is 1. The number of ketones is 1. The Hall–Kier alpha value is -2.06. The van der Waals surface area contributed by atoms with Crippen LogP contribution in [0.5, 0.6) is 5.75 Å². The topological polar surface area (TPSA) is 64.6 Å². The van der Waals surface area contributed by atoms with Gasteiger partial charge in [-0.25, -0.2) is 9.18 Å².